The Balaban J connectivity index is 4.95. The molecule has 0 aromatic carbocycles. The summed E-state index contributed by atoms with van der Waals surface area (Å²) in [6.45, 7) is -0.347. The maximum absolute atomic E-state index is 12.1. The number of aliphatic hydroxyl groups is 2. The van der Waals surface area contributed by atoms with E-state index in [1.165, 1.54) is 6.92 Å². The van der Waals surface area contributed by atoms with Gasteiger partial charge in [0.05, 0.1) is 19.6 Å². The minimum Gasteiger partial charge on any atom is -0.480 e. The molecule has 4 amide bonds. The number of nitrogens with two attached hydrogens (primary N) is 2. The molecule has 0 aliphatic heterocycles. The summed E-state index contributed by atoms with van der Waals surface area (Å²) in [5, 5.41) is 32.7. The molecular formula is C13H23N5O8. The number of hydrogen-bond donors (Lipinski definition) is 8. The van der Waals surface area contributed by atoms with Gasteiger partial charge < -0.3 is 42.7 Å². The van der Waals surface area contributed by atoms with Crippen molar-refractivity contribution in [2.75, 3.05) is 13.2 Å². The highest BCUT2D eigenvalue weighted by Crippen LogP contribution is 1.96. The summed E-state index contributed by atoms with van der Waals surface area (Å²) in [6, 6.07) is -5.61. The van der Waals surface area contributed by atoms with Gasteiger partial charge in [-0.1, -0.05) is 0 Å². The van der Waals surface area contributed by atoms with Crippen LogP contribution in [0, 0.1) is 0 Å². The van der Waals surface area contributed by atoms with E-state index < -0.39 is 73.4 Å². The van der Waals surface area contributed by atoms with E-state index >= 15 is 0 Å². The summed E-state index contributed by atoms with van der Waals surface area (Å²) in [5.41, 5.74) is 10.3. The second-order valence-corrected chi connectivity index (χ2v) is 5.33. The largest absolute Gasteiger partial charge is 0.480 e. The predicted octanol–water partition coefficient (Wildman–Crippen LogP) is -5.27. The van der Waals surface area contributed by atoms with Crippen molar-refractivity contribution in [2.24, 2.45) is 11.5 Å². The van der Waals surface area contributed by atoms with Gasteiger partial charge in [-0.25, -0.2) is 4.79 Å². The Morgan fingerprint density at radius 2 is 1.42 bits per heavy atom. The van der Waals surface area contributed by atoms with Crippen molar-refractivity contribution >= 4 is 29.6 Å². The van der Waals surface area contributed by atoms with Gasteiger partial charge in [-0.2, -0.15) is 0 Å². The number of aliphatic carboxylic acids is 1. The Morgan fingerprint density at radius 1 is 0.885 bits per heavy atom. The predicted molar refractivity (Wildman–Crippen MR) is 85.1 cm³/mol. The number of aliphatic hydroxyl groups excluding tert-OH is 2. The van der Waals surface area contributed by atoms with Crippen molar-refractivity contribution in [3.05, 3.63) is 0 Å². The van der Waals surface area contributed by atoms with Gasteiger partial charge in [0.1, 0.15) is 24.2 Å². The van der Waals surface area contributed by atoms with E-state index in [4.69, 9.17) is 26.8 Å². The molecule has 0 radical (unpaired) electrons. The number of carbonyl (C=O) groups excluding carboxylic acids is 4. The highest BCUT2D eigenvalue weighted by Gasteiger charge is 2.28. The molecule has 0 rings (SSSR count). The lowest BCUT2D eigenvalue weighted by atomic mass is 10.1. The molecule has 26 heavy (non-hydrogen) atoms. The average molecular weight is 377 g/mol. The minimum absolute atomic E-state index is 0.599. The van der Waals surface area contributed by atoms with Gasteiger partial charge >= 0.3 is 5.97 Å². The fourth-order valence-electron chi connectivity index (χ4n) is 1.63. The zero-order valence-electron chi connectivity index (χ0n) is 14.0. The number of nitrogens with one attached hydrogen (secondary N) is 3. The molecular weight excluding hydrogens is 354 g/mol. The third-order valence-electron chi connectivity index (χ3n) is 3.12. The molecule has 0 spiro atoms. The second-order valence-electron chi connectivity index (χ2n) is 5.33. The van der Waals surface area contributed by atoms with Gasteiger partial charge in [0.25, 0.3) is 0 Å². The second kappa shape index (κ2) is 11.0. The Hall–Kier alpha value is -2.77. The molecule has 0 bridgehead atoms. The van der Waals surface area contributed by atoms with Crippen LogP contribution in [0.15, 0.2) is 0 Å². The van der Waals surface area contributed by atoms with Crippen LogP contribution in [-0.2, 0) is 24.0 Å². The van der Waals surface area contributed by atoms with E-state index in [9.17, 15) is 24.0 Å². The SMILES string of the molecule is CC(NC(=O)C(CC(N)=O)NC(=O)C(N)CO)C(=O)NC(CO)C(=O)O. The minimum atomic E-state index is -1.56. The van der Waals surface area contributed by atoms with Crippen molar-refractivity contribution in [3.8, 4) is 0 Å². The fourth-order valence-corrected chi connectivity index (χ4v) is 1.63. The van der Waals surface area contributed by atoms with Gasteiger partial charge in [-0.15, -0.1) is 0 Å². The van der Waals surface area contributed by atoms with Crippen molar-refractivity contribution in [3.63, 3.8) is 0 Å². The van der Waals surface area contributed by atoms with Crippen LogP contribution >= 0.6 is 0 Å². The zero-order valence-corrected chi connectivity index (χ0v) is 14.0. The maximum atomic E-state index is 12.1. The summed E-state index contributed by atoms with van der Waals surface area (Å²) in [4.78, 5) is 57.4. The third-order valence-corrected chi connectivity index (χ3v) is 3.12. The number of hydrogen-bond acceptors (Lipinski definition) is 8. The lowest BCUT2D eigenvalue weighted by molar-refractivity contribution is -0.143. The Labute approximate surface area is 148 Å². The molecule has 4 unspecified atom stereocenters. The standard InChI is InChI=1S/C13H23N5O8/c1-5(10(22)18-8(4-20)13(25)26)16-12(24)7(2-9(15)21)17-11(23)6(14)3-19/h5-8,19-20H,2-4,14H2,1H3,(H2,15,21)(H,16,24)(H,17,23)(H,18,22)(H,25,26). The molecule has 148 valence electrons. The lowest BCUT2D eigenvalue weighted by Crippen LogP contribution is -2.57. The van der Waals surface area contributed by atoms with Crippen LogP contribution in [0.4, 0.5) is 0 Å². The molecule has 0 aromatic heterocycles. The number of rotatable bonds is 11. The quantitative estimate of drug-likeness (QED) is 0.171. The van der Waals surface area contributed by atoms with Gasteiger partial charge in [0.15, 0.2) is 0 Å². The third kappa shape index (κ3) is 7.87. The number of carboxylic acid groups (broad SMARTS) is 1. The van der Waals surface area contributed by atoms with Crippen LogP contribution in [0.3, 0.4) is 0 Å². The number of primary amides is 1. The molecule has 0 heterocycles. The van der Waals surface area contributed by atoms with E-state index in [2.05, 4.69) is 10.6 Å². The van der Waals surface area contributed by atoms with Crippen LogP contribution in [0.1, 0.15) is 13.3 Å². The van der Waals surface area contributed by atoms with Gasteiger partial charge in [-0.3, -0.25) is 19.2 Å². The van der Waals surface area contributed by atoms with Gasteiger partial charge in [-0.05, 0) is 6.92 Å². The summed E-state index contributed by atoms with van der Waals surface area (Å²) < 4.78 is 0. The molecule has 13 heteroatoms. The molecule has 4 atom stereocenters. The number of carboxylic acids is 1. The van der Waals surface area contributed by atoms with Crippen LogP contribution < -0.4 is 27.4 Å². The Morgan fingerprint density at radius 3 is 1.85 bits per heavy atom. The molecule has 0 saturated heterocycles. The fraction of sp³-hybridized carbons (Fsp3) is 0.615. The van der Waals surface area contributed by atoms with Crippen LogP contribution in [-0.4, -0.2) is 82.3 Å². The van der Waals surface area contributed by atoms with E-state index in [1.54, 1.807) is 0 Å². The average Bonchev–Trinajstić information content (AvgIpc) is 2.56. The highest BCUT2D eigenvalue weighted by atomic mass is 16.4. The van der Waals surface area contributed by atoms with Crippen LogP contribution in [0.2, 0.25) is 0 Å². The van der Waals surface area contributed by atoms with Crippen LogP contribution in [0.5, 0.6) is 0 Å². The normalized spacial score (nSPS) is 15.1. The van der Waals surface area contributed by atoms with Crippen molar-refractivity contribution in [1.82, 2.24) is 16.0 Å². The van der Waals surface area contributed by atoms with E-state index in [0.29, 0.717) is 0 Å². The first-order valence-electron chi connectivity index (χ1n) is 7.43. The lowest BCUT2D eigenvalue weighted by Gasteiger charge is -2.22. The topological polar surface area (TPSA) is 234 Å². The highest BCUT2D eigenvalue weighted by molar-refractivity contribution is 5.95. The van der Waals surface area contributed by atoms with E-state index in [-0.39, 0.29) is 0 Å². The smallest absolute Gasteiger partial charge is 0.328 e. The molecule has 0 aliphatic rings. The maximum Gasteiger partial charge on any atom is 0.328 e. The molecule has 0 fully saturated rings. The first-order valence-corrected chi connectivity index (χ1v) is 7.43. The Kier molecular flexibility index (Phi) is 9.80. The number of amides is 4. The molecule has 10 N–H and O–H groups in total. The van der Waals surface area contributed by atoms with E-state index in [0.717, 1.165) is 0 Å². The molecule has 0 aliphatic carbocycles. The summed E-state index contributed by atoms with van der Waals surface area (Å²) in [6.07, 6.45) is -0.599. The van der Waals surface area contributed by atoms with Crippen LogP contribution in [0.25, 0.3) is 0 Å². The first-order chi connectivity index (χ1) is 12.0. The number of carbonyl (C=O) groups is 5. The molecule has 13 nitrogen and oxygen atoms in total. The van der Waals surface area contributed by atoms with Crippen molar-refractivity contribution in [1.29, 1.82) is 0 Å². The zero-order chi connectivity index (χ0) is 20.4. The van der Waals surface area contributed by atoms with Gasteiger partial charge in [0, 0.05) is 0 Å². The first kappa shape index (κ1) is 23.2. The summed E-state index contributed by atoms with van der Waals surface area (Å²) >= 11 is 0. The Bertz CT molecular complexity index is 555. The van der Waals surface area contributed by atoms with Crippen molar-refractivity contribution in [2.45, 2.75) is 37.5 Å². The summed E-state index contributed by atoms with van der Waals surface area (Å²) in [7, 11) is 0. The molecule has 0 saturated carbocycles. The van der Waals surface area contributed by atoms with Crippen molar-refractivity contribution < 1.29 is 39.3 Å². The summed E-state index contributed by atoms with van der Waals surface area (Å²) in [5.74, 6) is -5.20. The monoisotopic (exact) mass is 377 g/mol. The van der Waals surface area contributed by atoms with Gasteiger partial charge in [0.2, 0.25) is 23.6 Å². The van der Waals surface area contributed by atoms with E-state index in [1.807, 2.05) is 5.32 Å². The molecule has 0 aromatic rings.